The van der Waals surface area contributed by atoms with Crippen molar-refractivity contribution in [3.05, 3.63) is 207 Å². The van der Waals surface area contributed by atoms with Crippen molar-refractivity contribution in [3.63, 3.8) is 0 Å². The molecule has 0 saturated heterocycles. The summed E-state index contributed by atoms with van der Waals surface area (Å²) in [6, 6.07) is 69.0. The monoisotopic (exact) mass is 738 g/mol. The lowest BCUT2D eigenvalue weighted by molar-refractivity contribution is 1.13. The normalized spacial score (nSPS) is 11.4. The average Bonchev–Trinajstić information content (AvgIpc) is 3.31. The van der Waals surface area contributed by atoms with Crippen molar-refractivity contribution in [2.45, 2.75) is 0 Å². The van der Waals surface area contributed by atoms with Gasteiger partial charge in [-0.25, -0.2) is 19.9 Å². The molecule has 0 aliphatic heterocycles. The highest BCUT2D eigenvalue weighted by Crippen LogP contribution is 2.40. The molecule has 9 aromatic carbocycles. The van der Waals surface area contributed by atoms with E-state index in [2.05, 4.69) is 146 Å². The minimum atomic E-state index is 0.568. The third-order valence-corrected chi connectivity index (χ3v) is 11.2. The highest BCUT2D eigenvalue weighted by molar-refractivity contribution is 6.30. The molecular weight excluding hydrogens is 705 g/mol. The Morgan fingerprint density at radius 3 is 1.33 bits per heavy atom. The quantitative estimate of drug-likeness (QED) is 0.180. The van der Waals surface area contributed by atoms with E-state index in [0.717, 1.165) is 44.4 Å². The van der Waals surface area contributed by atoms with E-state index in [4.69, 9.17) is 19.9 Å². The number of nitrogens with zero attached hydrogens (tertiary/aromatic N) is 4. The van der Waals surface area contributed by atoms with Crippen LogP contribution in [0.3, 0.4) is 0 Å². The molecular formula is C54H34N4. The molecule has 0 aliphatic carbocycles. The van der Waals surface area contributed by atoms with E-state index in [1.165, 1.54) is 53.9 Å². The van der Waals surface area contributed by atoms with Crippen LogP contribution in [0.25, 0.3) is 110 Å². The summed E-state index contributed by atoms with van der Waals surface area (Å²) in [7, 11) is 0. The van der Waals surface area contributed by atoms with Crippen molar-refractivity contribution in [1.29, 1.82) is 0 Å². The second kappa shape index (κ2) is 14.0. The Hall–Kier alpha value is -7.82. The molecule has 4 nitrogen and oxygen atoms in total. The summed E-state index contributed by atoms with van der Waals surface area (Å²) in [5.41, 5.74) is 5.35. The summed E-state index contributed by atoms with van der Waals surface area (Å²) in [6.45, 7) is 0. The first-order chi connectivity index (χ1) is 28.8. The zero-order valence-electron chi connectivity index (χ0n) is 31.4. The molecule has 2 aromatic heterocycles. The highest BCUT2D eigenvalue weighted by atomic mass is 14.9. The zero-order valence-corrected chi connectivity index (χ0v) is 31.4. The van der Waals surface area contributed by atoms with Crippen LogP contribution in [0.15, 0.2) is 207 Å². The fourth-order valence-corrected chi connectivity index (χ4v) is 8.45. The molecule has 11 rings (SSSR count). The van der Waals surface area contributed by atoms with E-state index in [0.29, 0.717) is 11.6 Å². The van der Waals surface area contributed by atoms with Gasteiger partial charge < -0.3 is 0 Å². The molecule has 0 amide bonds. The lowest BCUT2D eigenvalue weighted by Gasteiger charge is -2.13. The van der Waals surface area contributed by atoms with Gasteiger partial charge in [-0.1, -0.05) is 182 Å². The average molecular weight is 739 g/mol. The Balaban J connectivity index is 1.25. The summed E-state index contributed by atoms with van der Waals surface area (Å²) in [6.07, 6.45) is 3.65. The van der Waals surface area contributed by atoms with Gasteiger partial charge in [0.15, 0.2) is 11.6 Å². The Labute approximate surface area is 335 Å². The van der Waals surface area contributed by atoms with E-state index in [1.54, 1.807) is 0 Å². The SMILES string of the molecule is c1ccc(-c2cc(-c3ccc4c5ccccc5c5ccccc5c5ccccc5c5c6ccccc6ccc5c4c3)nc(-c3cnc(-c4ccccc4)nc3)n2)cc1. The number of hydrogen-bond acceptors (Lipinski definition) is 4. The van der Waals surface area contributed by atoms with E-state index >= 15 is 0 Å². The summed E-state index contributed by atoms with van der Waals surface area (Å²) >= 11 is 0. The van der Waals surface area contributed by atoms with Crippen molar-refractivity contribution in [2.24, 2.45) is 0 Å². The first-order valence-corrected chi connectivity index (χ1v) is 19.5. The summed E-state index contributed by atoms with van der Waals surface area (Å²) in [4.78, 5) is 19.8. The minimum absolute atomic E-state index is 0.568. The van der Waals surface area contributed by atoms with Gasteiger partial charge >= 0.3 is 0 Å². The molecule has 270 valence electrons. The van der Waals surface area contributed by atoms with Gasteiger partial charge in [0.25, 0.3) is 0 Å². The third-order valence-electron chi connectivity index (χ3n) is 11.2. The fraction of sp³-hybridized carbons (Fsp3) is 0. The molecule has 0 spiro atoms. The second-order valence-corrected chi connectivity index (χ2v) is 14.6. The molecule has 0 radical (unpaired) electrons. The predicted octanol–water partition coefficient (Wildman–Crippen LogP) is 14.0. The van der Waals surface area contributed by atoms with Gasteiger partial charge in [-0.2, -0.15) is 0 Å². The van der Waals surface area contributed by atoms with Gasteiger partial charge in [-0.05, 0) is 76.8 Å². The van der Waals surface area contributed by atoms with E-state index in [-0.39, 0.29) is 0 Å². The first kappa shape index (κ1) is 33.5. The van der Waals surface area contributed by atoms with Crippen molar-refractivity contribution in [1.82, 2.24) is 19.9 Å². The molecule has 0 saturated carbocycles. The van der Waals surface area contributed by atoms with Crippen LogP contribution >= 0.6 is 0 Å². The lowest BCUT2D eigenvalue weighted by atomic mass is 9.91. The van der Waals surface area contributed by atoms with Gasteiger partial charge in [0, 0.05) is 29.1 Å². The Morgan fingerprint density at radius 1 is 0.259 bits per heavy atom. The van der Waals surface area contributed by atoms with Crippen LogP contribution in [0.4, 0.5) is 0 Å². The number of aromatic nitrogens is 4. The number of rotatable bonds is 4. The van der Waals surface area contributed by atoms with Crippen LogP contribution < -0.4 is 0 Å². The minimum Gasteiger partial charge on any atom is -0.236 e. The van der Waals surface area contributed by atoms with Crippen LogP contribution in [0.5, 0.6) is 0 Å². The summed E-state index contributed by atoms with van der Waals surface area (Å²) in [5.74, 6) is 1.23. The maximum Gasteiger partial charge on any atom is 0.163 e. The molecule has 0 unspecified atom stereocenters. The van der Waals surface area contributed by atoms with Crippen LogP contribution in [0.1, 0.15) is 0 Å². The Bertz CT molecular complexity index is 3430. The Kier molecular flexibility index (Phi) is 8.11. The molecule has 4 heteroatoms. The van der Waals surface area contributed by atoms with Crippen LogP contribution in [0, 0.1) is 0 Å². The molecule has 2 heterocycles. The van der Waals surface area contributed by atoms with Gasteiger partial charge in [-0.3, -0.25) is 0 Å². The van der Waals surface area contributed by atoms with Crippen molar-refractivity contribution < 1.29 is 0 Å². The number of fused-ring (bicyclic) bond motifs is 12. The molecule has 0 bridgehead atoms. The largest absolute Gasteiger partial charge is 0.236 e. The van der Waals surface area contributed by atoms with Gasteiger partial charge in [-0.15, -0.1) is 0 Å². The maximum atomic E-state index is 5.25. The van der Waals surface area contributed by atoms with Crippen molar-refractivity contribution >= 4 is 64.6 Å². The molecule has 0 fully saturated rings. The molecule has 11 aromatic rings. The second-order valence-electron chi connectivity index (χ2n) is 14.6. The fourth-order valence-electron chi connectivity index (χ4n) is 8.45. The maximum absolute atomic E-state index is 5.25. The first-order valence-electron chi connectivity index (χ1n) is 19.5. The lowest BCUT2D eigenvalue weighted by Crippen LogP contribution is -1.98. The Morgan fingerprint density at radius 2 is 0.707 bits per heavy atom. The number of hydrogen-bond donors (Lipinski definition) is 0. The molecule has 58 heavy (non-hydrogen) atoms. The van der Waals surface area contributed by atoms with E-state index in [9.17, 15) is 0 Å². The van der Waals surface area contributed by atoms with Crippen molar-refractivity contribution in [2.75, 3.05) is 0 Å². The van der Waals surface area contributed by atoms with Gasteiger partial charge in [0.1, 0.15) is 0 Å². The zero-order chi connectivity index (χ0) is 38.4. The summed E-state index contributed by atoms with van der Waals surface area (Å²) in [5, 5.41) is 14.3. The van der Waals surface area contributed by atoms with Crippen LogP contribution in [-0.2, 0) is 0 Å². The molecule has 0 N–H and O–H groups in total. The van der Waals surface area contributed by atoms with E-state index < -0.39 is 0 Å². The third kappa shape index (κ3) is 5.78. The van der Waals surface area contributed by atoms with Crippen LogP contribution in [-0.4, -0.2) is 19.9 Å². The molecule has 0 aliphatic rings. The van der Waals surface area contributed by atoms with Crippen LogP contribution in [0.2, 0.25) is 0 Å². The summed E-state index contributed by atoms with van der Waals surface area (Å²) < 4.78 is 0. The van der Waals surface area contributed by atoms with E-state index in [1.807, 2.05) is 60.9 Å². The smallest absolute Gasteiger partial charge is 0.163 e. The standard InChI is InChI=1S/C54H34N4/c1-3-16-36(17-4-1)50-32-51(58-54(57-50)39-33-55-53(56-34-39)37-18-5-2-6-19-37)38-28-29-46-44-24-12-10-22-42(44)41-21-9-11-23-43(41)45-25-13-14-26-47(45)52-40-20-8-7-15-35(40)27-30-48(52)49(46)31-38/h1-34H. The number of benzene rings is 8. The van der Waals surface area contributed by atoms with Gasteiger partial charge in [0.05, 0.1) is 17.0 Å². The van der Waals surface area contributed by atoms with Gasteiger partial charge in [0.2, 0.25) is 0 Å². The highest BCUT2D eigenvalue weighted by Gasteiger charge is 2.15. The predicted molar refractivity (Wildman–Crippen MR) is 242 cm³/mol. The molecule has 0 atom stereocenters. The van der Waals surface area contributed by atoms with Crippen molar-refractivity contribution in [3.8, 4) is 45.3 Å². The topological polar surface area (TPSA) is 51.6 Å².